The molecule has 2 aromatic rings. The summed E-state index contributed by atoms with van der Waals surface area (Å²) in [5, 5.41) is 2.77. The van der Waals surface area contributed by atoms with Crippen molar-refractivity contribution >= 4 is 23.2 Å². The lowest BCUT2D eigenvalue weighted by Crippen LogP contribution is -2.28. The molecule has 26 heavy (non-hydrogen) atoms. The van der Waals surface area contributed by atoms with Crippen molar-refractivity contribution in [2.24, 2.45) is 5.92 Å². The van der Waals surface area contributed by atoms with Crippen LogP contribution in [0.15, 0.2) is 30.6 Å². The van der Waals surface area contributed by atoms with Crippen molar-refractivity contribution < 1.29 is 14.3 Å². The molecule has 0 bridgehead atoms. The highest BCUT2D eigenvalue weighted by molar-refractivity contribution is 6.03. The maximum atomic E-state index is 12.5. The summed E-state index contributed by atoms with van der Waals surface area (Å²) < 4.78 is 5.17. The maximum absolute atomic E-state index is 12.5. The van der Waals surface area contributed by atoms with E-state index < -0.39 is 5.92 Å². The van der Waals surface area contributed by atoms with Gasteiger partial charge >= 0.3 is 6.01 Å². The van der Waals surface area contributed by atoms with E-state index in [0.29, 0.717) is 18.8 Å². The first-order chi connectivity index (χ1) is 12.5. The second-order valence-corrected chi connectivity index (χ2v) is 6.35. The highest BCUT2D eigenvalue weighted by Crippen LogP contribution is 2.27. The number of nitrogens with one attached hydrogen (secondary N) is 1. The van der Waals surface area contributed by atoms with Gasteiger partial charge in [-0.15, -0.1) is 0 Å². The van der Waals surface area contributed by atoms with Gasteiger partial charge in [0, 0.05) is 18.7 Å². The Labute approximate surface area is 152 Å². The SMILES string of the molecule is CCOc1ncc(NC(=O)C2CC(=O)N(c3ccc(C)c(C)c3)C2)cn1. The number of carbonyl (C=O) groups is 2. The lowest BCUT2D eigenvalue weighted by molar-refractivity contribution is -0.122. The fourth-order valence-corrected chi connectivity index (χ4v) is 2.85. The van der Waals surface area contributed by atoms with Crippen molar-refractivity contribution in [1.82, 2.24) is 9.97 Å². The van der Waals surface area contributed by atoms with E-state index >= 15 is 0 Å². The minimum Gasteiger partial charge on any atom is -0.464 e. The van der Waals surface area contributed by atoms with E-state index in [1.54, 1.807) is 4.90 Å². The molecule has 1 saturated heterocycles. The Bertz CT molecular complexity index is 820. The lowest BCUT2D eigenvalue weighted by Gasteiger charge is -2.18. The number of aryl methyl sites for hydroxylation is 2. The molecule has 1 atom stereocenters. The summed E-state index contributed by atoms with van der Waals surface area (Å²) in [6.45, 7) is 6.72. The Kier molecular flexibility index (Phi) is 5.16. The third-order valence-electron chi connectivity index (χ3n) is 4.47. The van der Waals surface area contributed by atoms with Gasteiger partial charge in [-0.1, -0.05) is 6.07 Å². The fraction of sp³-hybridized carbons (Fsp3) is 0.368. The summed E-state index contributed by atoms with van der Waals surface area (Å²) in [5.74, 6) is -0.663. The number of hydrogen-bond donors (Lipinski definition) is 1. The molecular formula is C19H22N4O3. The van der Waals surface area contributed by atoms with Crippen LogP contribution < -0.4 is 15.0 Å². The first-order valence-electron chi connectivity index (χ1n) is 8.61. The topological polar surface area (TPSA) is 84.4 Å². The summed E-state index contributed by atoms with van der Waals surface area (Å²) in [6.07, 6.45) is 3.18. The van der Waals surface area contributed by atoms with Crippen molar-refractivity contribution in [3.8, 4) is 6.01 Å². The lowest BCUT2D eigenvalue weighted by atomic mass is 10.1. The minimum atomic E-state index is -0.407. The van der Waals surface area contributed by atoms with E-state index in [-0.39, 0.29) is 24.2 Å². The van der Waals surface area contributed by atoms with Gasteiger partial charge in [0.05, 0.1) is 30.6 Å². The molecule has 7 heteroatoms. The molecule has 1 aliphatic rings. The zero-order valence-electron chi connectivity index (χ0n) is 15.2. The molecule has 1 fully saturated rings. The number of rotatable bonds is 5. The van der Waals surface area contributed by atoms with Gasteiger partial charge in [0.15, 0.2) is 0 Å². The van der Waals surface area contributed by atoms with Gasteiger partial charge in [-0.25, -0.2) is 9.97 Å². The van der Waals surface area contributed by atoms with Crippen LogP contribution in [0.25, 0.3) is 0 Å². The van der Waals surface area contributed by atoms with Gasteiger partial charge in [0.25, 0.3) is 0 Å². The predicted molar refractivity (Wildman–Crippen MR) is 98.2 cm³/mol. The number of carbonyl (C=O) groups excluding carboxylic acids is 2. The highest BCUT2D eigenvalue weighted by Gasteiger charge is 2.35. The van der Waals surface area contributed by atoms with Crippen LogP contribution in [0, 0.1) is 19.8 Å². The van der Waals surface area contributed by atoms with Gasteiger partial charge in [-0.3, -0.25) is 9.59 Å². The standard InChI is InChI=1S/C19H22N4O3/c1-4-26-19-20-9-15(10-21-19)22-18(25)14-8-17(24)23(11-14)16-6-5-12(2)13(3)7-16/h5-7,9-10,14H,4,8,11H2,1-3H3,(H,22,25). The predicted octanol–water partition coefficient (Wildman–Crippen LogP) is 2.48. The van der Waals surface area contributed by atoms with Gasteiger partial charge in [0.1, 0.15) is 0 Å². The number of hydrogen-bond acceptors (Lipinski definition) is 5. The molecule has 2 amide bonds. The summed E-state index contributed by atoms with van der Waals surface area (Å²) in [5.41, 5.74) is 3.60. The van der Waals surface area contributed by atoms with Crippen LogP contribution >= 0.6 is 0 Å². The van der Waals surface area contributed by atoms with Crippen LogP contribution in [0.2, 0.25) is 0 Å². The number of anilines is 2. The molecule has 3 rings (SSSR count). The average molecular weight is 354 g/mol. The maximum Gasteiger partial charge on any atom is 0.316 e. The van der Waals surface area contributed by atoms with Crippen LogP contribution in [0.1, 0.15) is 24.5 Å². The van der Waals surface area contributed by atoms with E-state index in [1.807, 2.05) is 39.0 Å². The molecule has 7 nitrogen and oxygen atoms in total. The molecule has 1 aliphatic heterocycles. The minimum absolute atomic E-state index is 0.0450. The molecule has 1 N–H and O–H groups in total. The Morgan fingerprint density at radius 1 is 1.27 bits per heavy atom. The molecule has 1 unspecified atom stereocenters. The van der Waals surface area contributed by atoms with E-state index in [0.717, 1.165) is 11.3 Å². The smallest absolute Gasteiger partial charge is 0.316 e. The molecule has 0 saturated carbocycles. The summed E-state index contributed by atoms with van der Waals surface area (Å²) in [7, 11) is 0. The first-order valence-corrected chi connectivity index (χ1v) is 8.61. The Morgan fingerprint density at radius 3 is 2.65 bits per heavy atom. The van der Waals surface area contributed by atoms with Crippen molar-refractivity contribution in [3.05, 3.63) is 41.7 Å². The largest absolute Gasteiger partial charge is 0.464 e. The van der Waals surface area contributed by atoms with Gasteiger partial charge < -0.3 is 15.0 Å². The fourth-order valence-electron chi connectivity index (χ4n) is 2.85. The molecular weight excluding hydrogens is 332 g/mol. The highest BCUT2D eigenvalue weighted by atomic mass is 16.5. The van der Waals surface area contributed by atoms with Crippen LogP contribution in [-0.2, 0) is 9.59 Å². The number of nitrogens with zero attached hydrogens (tertiary/aromatic N) is 3. The molecule has 0 spiro atoms. The Morgan fingerprint density at radius 2 is 2.00 bits per heavy atom. The van der Waals surface area contributed by atoms with Crippen LogP contribution in [0.3, 0.4) is 0 Å². The second kappa shape index (κ2) is 7.51. The first kappa shape index (κ1) is 17.8. The quantitative estimate of drug-likeness (QED) is 0.892. The van der Waals surface area contributed by atoms with Crippen LogP contribution in [-0.4, -0.2) is 34.9 Å². The number of benzene rings is 1. The van der Waals surface area contributed by atoms with Gasteiger partial charge in [0.2, 0.25) is 11.8 Å². The van der Waals surface area contributed by atoms with E-state index in [4.69, 9.17) is 4.74 Å². The second-order valence-electron chi connectivity index (χ2n) is 6.35. The van der Waals surface area contributed by atoms with Crippen molar-refractivity contribution in [1.29, 1.82) is 0 Å². The summed E-state index contributed by atoms with van der Waals surface area (Å²) in [4.78, 5) is 34.6. The number of amides is 2. The molecule has 1 aromatic carbocycles. The van der Waals surface area contributed by atoms with Crippen molar-refractivity contribution in [2.75, 3.05) is 23.4 Å². The van der Waals surface area contributed by atoms with Crippen LogP contribution in [0.4, 0.5) is 11.4 Å². The summed E-state index contributed by atoms with van der Waals surface area (Å²) >= 11 is 0. The van der Waals surface area contributed by atoms with E-state index in [2.05, 4.69) is 15.3 Å². The van der Waals surface area contributed by atoms with Gasteiger partial charge in [-0.2, -0.15) is 0 Å². The average Bonchev–Trinajstić information content (AvgIpc) is 3.01. The van der Waals surface area contributed by atoms with E-state index in [1.165, 1.54) is 18.0 Å². The van der Waals surface area contributed by atoms with Crippen LogP contribution in [0.5, 0.6) is 6.01 Å². The summed E-state index contributed by atoms with van der Waals surface area (Å²) in [6, 6.07) is 6.15. The number of aromatic nitrogens is 2. The van der Waals surface area contributed by atoms with Crippen molar-refractivity contribution in [3.63, 3.8) is 0 Å². The molecule has 136 valence electrons. The molecule has 0 aliphatic carbocycles. The normalized spacial score (nSPS) is 16.7. The number of ether oxygens (including phenoxy) is 1. The van der Waals surface area contributed by atoms with Crippen molar-refractivity contribution in [2.45, 2.75) is 27.2 Å². The Balaban J connectivity index is 1.65. The molecule has 0 radical (unpaired) electrons. The zero-order valence-corrected chi connectivity index (χ0v) is 15.2. The zero-order chi connectivity index (χ0) is 18.7. The molecule has 1 aromatic heterocycles. The van der Waals surface area contributed by atoms with Gasteiger partial charge in [-0.05, 0) is 44.0 Å². The third kappa shape index (κ3) is 3.82. The van der Waals surface area contributed by atoms with E-state index in [9.17, 15) is 9.59 Å². The monoisotopic (exact) mass is 354 g/mol. The molecule has 2 heterocycles. The Hall–Kier alpha value is -2.96. The third-order valence-corrected chi connectivity index (χ3v) is 4.47.